The van der Waals surface area contributed by atoms with Gasteiger partial charge in [-0.2, -0.15) is 0 Å². The smallest absolute Gasteiger partial charge is 0.154 e. The van der Waals surface area contributed by atoms with E-state index in [1.54, 1.807) is 6.20 Å². The minimum atomic E-state index is -0.871. The van der Waals surface area contributed by atoms with Gasteiger partial charge < -0.3 is 10.4 Å². The van der Waals surface area contributed by atoms with E-state index in [9.17, 15) is 5.11 Å². The van der Waals surface area contributed by atoms with Crippen molar-refractivity contribution in [1.29, 1.82) is 0 Å². The van der Waals surface area contributed by atoms with Crippen LogP contribution in [0, 0.1) is 0 Å². The predicted octanol–water partition coefficient (Wildman–Crippen LogP) is 7.26. The van der Waals surface area contributed by atoms with Gasteiger partial charge in [-0.05, 0) is 33.3 Å². The zero-order valence-electron chi connectivity index (χ0n) is 19.9. The van der Waals surface area contributed by atoms with Crippen molar-refractivity contribution in [3.63, 3.8) is 0 Å². The molecule has 0 aliphatic heterocycles. The van der Waals surface area contributed by atoms with Gasteiger partial charge in [-0.1, -0.05) is 103 Å². The lowest BCUT2D eigenvalue weighted by atomic mass is 10.1. The predicted molar refractivity (Wildman–Crippen MR) is 140 cm³/mol. The number of aliphatic hydroxyl groups is 1. The van der Waals surface area contributed by atoms with E-state index in [0.29, 0.717) is 17.2 Å². The van der Waals surface area contributed by atoms with Crippen LogP contribution in [0.25, 0.3) is 11.3 Å². The molecule has 3 aromatic rings. The molecule has 2 aromatic carbocycles. The molecule has 0 aliphatic carbocycles. The van der Waals surface area contributed by atoms with Crippen molar-refractivity contribution < 1.29 is 5.11 Å². The van der Waals surface area contributed by atoms with Crippen molar-refractivity contribution in [2.75, 3.05) is 5.32 Å². The van der Waals surface area contributed by atoms with Crippen LogP contribution in [-0.2, 0) is 0 Å². The molecule has 0 radical (unpaired) electrons. The molecule has 2 N–H and O–H groups in total. The summed E-state index contributed by atoms with van der Waals surface area (Å²) in [5.74, 6) is 0.513. The third-order valence-electron chi connectivity index (χ3n) is 4.58. The number of hydrogen-bond donors (Lipinski definition) is 2. The summed E-state index contributed by atoms with van der Waals surface area (Å²) in [6, 6.07) is 19.2. The van der Waals surface area contributed by atoms with Gasteiger partial charge in [0.25, 0.3) is 0 Å². The number of nitrogens with one attached hydrogen (secondary N) is 1. The molecule has 0 spiro atoms. The standard InChI is InChI=1S/C20H19N3O.C9H14/c1-14(2)22-20-18(19(24)16-11-7-4-8-12-16)23-17(13-21-20)15-9-5-3-6-10-15;1-5-9(4)7-6-8(2)3/h3-13,19,24H,1H2,2H3,(H,21,22);5-7H,1H2,2-4H3/b;9-7-. The highest BCUT2D eigenvalue weighted by Gasteiger charge is 2.19. The third-order valence-corrected chi connectivity index (χ3v) is 4.58. The first-order valence-corrected chi connectivity index (χ1v) is 10.8. The summed E-state index contributed by atoms with van der Waals surface area (Å²) < 4.78 is 0. The zero-order valence-corrected chi connectivity index (χ0v) is 19.9. The average molecular weight is 440 g/mol. The van der Waals surface area contributed by atoms with Gasteiger partial charge in [0, 0.05) is 11.3 Å². The number of aliphatic hydroxyl groups excluding tert-OH is 1. The summed E-state index contributed by atoms with van der Waals surface area (Å²) in [6.45, 7) is 15.5. The highest BCUT2D eigenvalue weighted by molar-refractivity contribution is 5.61. The molecule has 1 unspecified atom stereocenters. The highest BCUT2D eigenvalue weighted by Crippen LogP contribution is 2.28. The van der Waals surface area contributed by atoms with E-state index in [-0.39, 0.29) is 0 Å². The molecular weight excluding hydrogens is 406 g/mol. The Labute approximate surface area is 197 Å². The van der Waals surface area contributed by atoms with Crippen molar-refractivity contribution in [1.82, 2.24) is 9.97 Å². The number of anilines is 1. The molecule has 0 amide bonds. The van der Waals surface area contributed by atoms with Crippen LogP contribution in [0.1, 0.15) is 45.1 Å². The largest absolute Gasteiger partial charge is 0.382 e. The summed E-state index contributed by atoms with van der Waals surface area (Å²) in [5, 5.41) is 13.9. The lowest BCUT2D eigenvalue weighted by Crippen LogP contribution is -2.10. The maximum atomic E-state index is 10.8. The van der Waals surface area contributed by atoms with E-state index in [2.05, 4.69) is 54.4 Å². The number of allylic oxidation sites excluding steroid dienone is 6. The molecule has 0 bridgehead atoms. The topological polar surface area (TPSA) is 58.0 Å². The first-order chi connectivity index (χ1) is 15.8. The van der Waals surface area contributed by atoms with E-state index in [4.69, 9.17) is 0 Å². The van der Waals surface area contributed by atoms with E-state index in [0.717, 1.165) is 16.8 Å². The second-order valence-corrected chi connectivity index (χ2v) is 7.93. The second kappa shape index (κ2) is 12.9. The van der Waals surface area contributed by atoms with Crippen LogP contribution < -0.4 is 5.32 Å². The fraction of sp³-hybridized carbons (Fsp3) is 0.172. The fourth-order valence-corrected chi connectivity index (χ4v) is 2.80. The van der Waals surface area contributed by atoms with Gasteiger partial charge in [0.15, 0.2) is 5.82 Å². The van der Waals surface area contributed by atoms with Crippen molar-refractivity contribution in [3.05, 3.63) is 126 Å². The maximum absolute atomic E-state index is 10.8. The molecule has 0 saturated carbocycles. The first kappa shape index (κ1) is 25.5. The highest BCUT2D eigenvalue weighted by atomic mass is 16.3. The Bertz CT molecular complexity index is 1110. The lowest BCUT2D eigenvalue weighted by molar-refractivity contribution is 0.216. The van der Waals surface area contributed by atoms with Crippen LogP contribution in [0.3, 0.4) is 0 Å². The molecule has 4 heteroatoms. The molecular formula is C29H33N3O. The summed E-state index contributed by atoms with van der Waals surface area (Å²) >= 11 is 0. The molecule has 1 atom stereocenters. The molecule has 1 aromatic heterocycles. The molecule has 170 valence electrons. The minimum absolute atomic E-state index is 0.477. The minimum Gasteiger partial charge on any atom is -0.382 e. The van der Waals surface area contributed by atoms with Crippen LogP contribution in [0.15, 0.2) is 115 Å². The Kier molecular flexibility index (Phi) is 10.00. The van der Waals surface area contributed by atoms with Gasteiger partial charge >= 0.3 is 0 Å². The SMILES string of the molecule is C=C(C)Nc1ncc(-c2ccccc2)nc1C(O)c1ccccc1.C=C/C(C)=C\C=C(C)C. The average Bonchev–Trinajstić information content (AvgIpc) is 2.83. The third kappa shape index (κ3) is 8.36. The second-order valence-electron chi connectivity index (χ2n) is 7.93. The Balaban J connectivity index is 0.000000365. The Morgan fingerprint density at radius 1 is 0.939 bits per heavy atom. The summed E-state index contributed by atoms with van der Waals surface area (Å²) in [4.78, 5) is 9.10. The number of benzene rings is 2. The van der Waals surface area contributed by atoms with Crippen molar-refractivity contribution in [2.24, 2.45) is 0 Å². The van der Waals surface area contributed by atoms with Gasteiger partial charge in [0.1, 0.15) is 11.8 Å². The fourth-order valence-electron chi connectivity index (χ4n) is 2.80. The van der Waals surface area contributed by atoms with E-state index >= 15 is 0 Å². The van der Waals surface area contributed by atoms with Gasteiger partial charge in [-0.25, -0.2) is 9.97 Å². The number of aromatic nitrogens is 2. The Morgan fingerprint density at radius 3 is 2.09 bits per heavy atom. The number of rotatable bonds is 7. The van der Waals surface area contributed by atoms with Crippen LogP contribution >= 0.6 is 0 Å². The molecule has 0 aliphatic rings. The van der Waals surface area contributed by atoms with Gasteiger partial charge in [-0.3, -0.25) is 0 Å². The molecule has 1 heterocycles. The normalized spacial score (nSPS) is 11.5. The summed E-state index contributed by atoms with van der Waals surface area (Å²) in [6.07, 6.45) is 6.81. The van der Waals surface area contributed by atoms with Gasteiger partial charge in [0.05, 0.1) is 11.9 Å². The van der Waals surface area contributed by atoms with Crippen LogP contribution in [0.5, 0.6) is 0 Å². The van der Waals surface area contributed by atoms with Crippen LogP contribution in [-0.4, -0.2) is 15.1 Å². The van der Waals surface area contributed by atoms with Crippen LogP contribution in [0.2, 0.25) is 0 Å². The van der Waals surface area contributed by atoms with E-state index < -0.39 is 6.10 Å². The Morgan fingerprint density at radius 2 is 1.55 bits per heavy atom. The Hall–Kier alpha value is -3.76. The van der Waals surface area contributed by atoms with Crippen LogP contribution in [0.4, 0.5) is 5.82 Å². The monoisotopic (exact) mass is 439 g/mol. The van der Waals surface area contributed by atoms with E-state index in [1.165, 1.54) is 11.1 Å². The molecule has 33 heavy (non-hydrogen) atoms. The molecule has 0 saturated heterocycles. The molecule has 4 nitrogen and oxygen atoms in total. The van der Waals surface area contributed by atoms with E-state index in [1.807, 2.05) is 80.6 Å². The van der Waals surface area contributed by atoms with Crippen molar-refractivity contribution >= 4 is 5.82 Å². The van der Waals surface area contributed by atoms with Gasteiger partial charge in [-0.15, -0.1) is 0 Å². The first-order valence-electron chi connectivity index (χ1n) is 10.8. The lowest BCUT2D eigenvalue weighted by Gasteiger charge is -2.16. The number of nitrogens with zero attached hydrogens (tertiary/aromatic N) is 2. The van der Waals surface area contributed by atoms with Crippen molar-refractivity contribution in [2.45, 2.75) is 33.8 Å². The molecule has 3 rings (SSSR count). The van der Waals surface area contributed by atoms with Gasteiger partial charge in [0.2, 0.25) is 0 Å². The maximum Gasteiger partial charge on any atom is 0.154 e. The quantitative estimate of drug-likeness (QED) is 0.381. The molecule has 0 fully saturated rings. The number of hydrogen-bond acceptors (Lipinski definition) is 4. The summed E-state index contributed by atoms with van der Waals surface area (Å²) in [7, 11) is 0. The zero-order chi connectivity index (χ0) is 24.2. The van der Waals surface area contributed by atoms with Crippen molar-refractivity contribution in [3.8, 4) is 11.3 Å². The summed E-state index contributed by atoms with van der Waals surface area (Å²) in [5.41, 5.74) is 6.17.